The van der Waals surface area contributed by atoms with Crippen LogP contribution in [0.25, 0.3) is 11.1 Å². The van der Waals surface area contributed by atoms with Gasteiger partial charge in [-0.1, -0.05) is 90.5 Å². The Hall–Kier alpha value is -3.11. The van der Waals surface area contributed by atoms with E-state index < -0.39 is 0 Å². The summed E-state index contributed by atoms with van der Waals surface area (Å²) in [5, 5.41) is 9.40. The van der Waals surface area contributed by atoms with E-state index in [0.717, 1.165) is 27.8 Å². The number of benzene rings is 3. The van der Waals surface area contributed by atoms with E-state index in [0.29, 0.717) is 6.42 Å². The van der Waals surface area contributed by atoms with Crippen molar-refractivity contribution in [2.24, 2.45) is 0 Å². The fraction of sp³-hybridized carbons (Fsp3) is 0.0870. The van der Waals surface area contributed by atoms with Crippen molar-refractivity contribution in [1.82, 2.24) is 0 Å². The summed E-state index contributed by atoms with van der Waals surface area (Å²) in [5.41, 5.74) is 6.79. The molecule has 24 heavy (non-hydrogen) atoms. The lowest BCUT2D eigenvalue weighted by atomic mass is 9.88. The van der Waals surface area contributed by atoms with Crippen molar-refractivity contribution in [2.75, 3.05) is 0 Å². The Bertz CT molecular complexity index is 867. The van der Waals surface area contributed by atoms with Crippen molar-refractivity contribution in [3.63, 3.8) is 0 Å². The summed E-state index contributed by atoms with van der Waals surface area (Å²) in [5.74, 6) is 0. The molecule has 3 rings (SSSR count). The molecule has 0 radical (unpaired) electrons. The predicted molar refractivity (Wildman–Crippen MR) is 100 cm³/mol. The Kier molecular flexibility index (Phi) is 4.89. The second-order valence-electron chi connectivity index (χ2n) is 5.79. The zero-order chi connectivity index (χ0) is 16.8. The van der Waals surface area contributed by atoms with E-state index in [-0.39, 0.29) is 0 Å². The molecule has 0 amide bonds. The van der Waals surface area contributed by atoms with Gasteiger partial charge in [-0.15, -0.1) is 0 Å². The van der Waals surface area contributed by atoms with Crippen LogP contribution >= 0.6 is 0 Å². The van der Waals surface area contributed by atoms with Gasteiger partial charge in [-0.25, -0.2) is 0 Å². The maximum Gasteiger partial charge on any atom is 0.0670 e. The molecule has 0 aromatic heterocycles. The van der Waals surface area contributed by atoms with Gasteiger partial charge in [-0.2, -0.15) is 5.26 Å². The summed E-state index contributed by atoms with van der Waals surface area (Å²) in [7, 11) is 0. The SMILES string of the molecule is Cc1ccc(/C(=C(\CC#N)c2ccccc2)c2ccccc2)cc1. The van der Waals surface area contributed by atoms with Gasteiger partial charge in [0.2, 0.25) is 0 Å². The third-order valence-corrected chi connectivity index (χ3v) is 4.08. The Balaban J connectivity index is 2.29. The van der Waals surface area contributed by atoms with Gasteiger partial charge in [-0.3, -0.25) is 0 Å². The van der Waals surface area contributed by atoms with Crippen LogP contribution in [0, 0.1) is 18.3 Å². The average Bonchev–Trinajstić information content (AvgIpc) is 2.64. The summed E-state index contributed by atoms with van der Waals surface area (Å²) < 4.78 is 0. The van der Waals surface area contributed by atoms with Crippen LogP contribution in [0.2, 0.25) is 0 Å². The number of allylic oxidation sites excluding steroid dienone is 1. The molecule has 1 heteroatoms. The molecular formula is C23H19N. The van der Waals surface area contributed by atoms with E-state index in [1.807, 2.05) is 36.4 Å². The number of hydrogen-bond acceptors (Lipinski definition) is 1. The second-order valence-corrected chi connectivity index (χ2v) is 5.79. The van der Waals surface area contributed by atoms with Crippen LogP contribution < -0.4 is 0 Å². The highest BCUT2D eigenvalue weighted by molar-refractivity contribution is 5.99. The quantitative estimate of drug-likeness (QED) is 0.553. The van der Waals surface area contributed by atoms with Gasteiger partial charge in [-0.05, 0) is 34.8 Å². The molecule has 0 aliphatic rings. The van der Waals surface area contributed by atoms with E-state index in [1.54, 1.807) is 0 Å². The van der Waals surface area contributed by atoms with Crippen molar-refractivity contribution >= 4 is 11.1 Å². The molecule has 0 fully saturated rings. The van der Waals surface area contributed by atoms with E-state index in [4.69, 9.17) is 0 Å². The maximum atomic E-state index is 9.40. The highest BCUT2D eigenvalue weighted by atomic mass is 14.2. The van der Waals surface area contributed by atoms with Crippen LogP contribution in [0.15, 0.2) is 84.9 Å². The lowest BCUT2D eigenvalue weighted by Crippen LogP contribution is -1.95. The summed E-state index contributed by atoms with van der Waals surface area (Å²) in [4.78, 5) is 0. The summed E-state index contributed by atoms with van der Waals surface area (Å²) in [6.45, 7) is 2.09. The van der Waals surface area contributed by atoms with Crippen LogP contribution in [-0.4, -0.2) is 0 Å². The first kappa shape index (κ1) is 15.8. The van der Waals surface area contributed by atoms with Crippen molar-refractivity contribution < 1.29 is 0 Å². The van der Waals surface area contributed by atoms with Crippen LogP contribution in [0.4, 0.5) is 0 Å². The van der Waals surface area contributed by atoms with Crippen molar-refractivity contribution in [3.05, 3.63) is 107 Å². The van der Waals surface area contributed by atoms with Gasteiger partial charge in [0.15, 0.2) is 0 Å². The van der Waals surface area contributed by atoms with Gasteiger partial charge >= 0.3 is 0 Å². The Morgan fingerprint density at radius 2 is 1.21 bits per heavy atom. The molecule has 0 bridgehead atoms. The van der Waals surface area contributed by atoms with Gasteiger partial charge in [0.25, 0.3) is 0 Å². The third kappa shape index (κ3) is 3.45. The first-order valence-corrected chi connectivity index (χ1v) is 8.07. The molecule has 0 saturated heterocycles. The molecule has 3 aromatic carbocycles. The molecule has 0 N–H and O–H groups in total. The molecule has 1 nitrogen and oxygen atoms in total. The zero-order valence-corrected chi connectivity index (χ0v) is 13.7. The minimum absolute atomic E-state index is 0.377. The van der Waals surface area contributed by atoms with Crippen molar-refractivity contribution in [1.29, 1.82) is 5.26 Å². The minimum Gasteiger partial charge on any atom is -0.198 e. The second kappa shape index (κ2) is 7.44. The van der Waals surface area contributed by atoms with Crippen LogP contribution in [0.1, 0.15) is 28.7 Å². The van der Waals surface area contributed by atoms with Gasteiger partial charge in [0.05, 0.1) is 12.5 Å². The zero-order valence-electron chi connectivity index (χ0n) is 13.7. The fourth-order valence-electron chi connectivity index (χ4n) is 2.89. The smallest absolute Gasteiger partial charge is 0.0670 e. The molecule has 0 saturated carbocycles. The van der Waals surface area contributed by atoms with Gasteiger partial charge in [0.1, 0.15) is 0 Å². The minimum atomic E-state index is 0.377. The highest BCUT2D eigenvalue weighted by Gasteiger charge is 2.13. The van der Waals surface area contributed by atoms with Gasteiger partial charge < -0.3 is 0 Å². The summed E-state index contributed by atoms with van der Waals surface area (Å²) >= 11 is 0. The Morgan fingerprint density at radius 1 is 0.708 bits per heavy atom. The largest absolute Gasteiger partial charge is 0.198 e. The Labute approximate surface area is 143 Å². The number of nitriles is 1. The van der Waals surface area contributed by atoms with E-state index >= 15 is 0 Å². The van der Waals surface area contributed by atoms with Crippen molar-refractivity contribution in [3.8, 4) is 6.07 Å². The number of rotatable bonds is 4. The van der Waals surface area contributed by atoms with Crippen LogP contribution in [0.3, 0.4) is 0 Å². The molecule has 0 aliphatic heterocycles. The summed E-state index contributed by atoms with van der Waals surface area (Å²) in [6.07, 6.45) is 0.377. The monoisotopic (exact) mass is 309 g/mol. The molecule has 0 atom stereocenters. The lowest BCUT2D eigenvalue weighted by molar-refractivity contribution is 1.35. The standard InChI is InChI=1S/C23H19N/c1-18-12-14-21(15-13-18)23(20-10-6-3-7-11-20)22(16-17-24)19-8-4-2-5-9-19/h2-15H,16H2,1H3/b23-22+. The van der Waals surface area contributed by atoms with E-state index in [1.165, 1.54) is 5.56 Å². The maximum absolute atomic E-state index is 9.40. The first-order chi connectivity index (χ1) is 11.8. The molecule has 0 aliphatic carbocycles. The predicted octanol–water partition coefficient (Wildman–Crippen LogP) is 5.87. The normalized spacial score (nSPS) is 11.5. The molecule has 0 spiro atoms. The van der Waals surface area contributed by atoms with Gasteiger partial charge in [0, 0.05) is 0 Å². The number of hydrogen-bond donors (Lipinski definition) is 0. The van der Waals surface area contributed by atoms with Crippen LogP contribution in [0.5, 0.6) is 0 Å². The first-order valence-electron chi connectivity index (χ1n) is 8.07. The molecule has 0 heterocycles. The molecule has 0 unspecified atom stereocenters. The molecule has 116 valence electrons. The lowest BCUT2D eigenvalue weighted by Gasteiger charge is -2.15. The molecular weight excluding hydrogens is 290 g/mol. The third-order valence-electron chi connectivity index (χ3n) is 4.08. The molecule has 3 aromatic rings. The number of nitrogens with zero attached hydrogens (tertiary/aromatic N) is 1. The van der Waals surface area contributed by atoms with Crippen molar-refractivity contribution in [2.45, 2.75) is 13.3 Å². The highest BCUT2D eigenvalue weighted by Crippen LogP contribution is 2.34. The summed E-state index contributed by atoms with van der Waals surface area (Å²) in [6, 6.07) is 31.3. The fourth-order valence-corrected chi connectivity index (χ4v) is 2.89. The average molecular weight is 309 g/mol. The van der Waals surface area contributed by atoms with E-state index in [2.05, 4.69) is 61.5 Å². The topological polar surface area (TPSA) is 23.8 Å². The Morgan fingerprint density at radius 3 is 1.75 bits per heavy atom. The van der Waals surface area contributed by atoms with E-state index in [9.17, 15) is 5.26 Å². The van der Waals surface area contributed by atoms with Crippen LogP contribution in [-0.2, 0) is 0 Å². The number of aryl methyl sites for hydroxylation is 1.